The zero-order valence-corrected chi connectivity index (χ0v) is 17.3. The van der Waals surface area contributed by atoms with Crippen molar-refractivity contribution in [2.75, 3.05) is 10.8 Å². The molecule has 2 aromatic rings. The molecule has 0 spiro atoms. The highest BCUT2D eigenvalue weighted by Gasteiger charge is 2.32. The number of hydrogen-bond acceptors (Lipinski definition) is 4. The number of anilines is 1. The number of aliphatic hydroxyl groups is 1. The molecule has 1 N–H and O–H groups in total. The summed E-state index contributed by atoms with van der Waals surface area (Å²) in [5.41, 5.74) is 0.380. The molecule has 0 aromatic heterocycles. The fraction of sp³-hybridized carbons (Fsp3) is 0.381. The SMILES string of the molecule is Cc1ccc(S(=O)(=O)N(CC(O)CC(C)(C)C#N)c2c(C)cccc2F)cc1. The number of hydrogen-bond donors (Lipinski definition) is 1. The topological polar surface area (TPSA) is 81.4 Å². The molecule has 2 aromatic carbocycles. The number of aliphatic hydroxyl groups excluding tert-OH is 1. The maximum absolute atomic E-state index is 14.6. The van der Waals surface area contributed by atoms with Crippen molar-refractivity contribution in [3.63, 3.8) is 0 Å². The molecule has 0 bridgehead atoms. The Bertz CT molecular complexity index is 959. The van der Waals surface area contributed by atoms with Crippen molar-refractivity contribution < 1.29 is 17.9 Å². The average Bonchev–Trinajstić information content (AvgIpc) is 2.60. The van der Waals surface area contributed by atoms with Gasteiger partial charge in [0.2, 0.25) is 0 Å². The van der Waals surface area contributed by atoms with Crippen LogP contribution in [-0.4, -0.2) is 26.2 Å². The maximum atomic E-state index is 14.6. The van der Waals surface area contributed by atoms with Gasteiger partial charge in [-0.15, -0.1) is 0 Å². The second-order valence-corrected chi connectivity index (χ2v) is 9.47. The van der Waals surface area contributed by atoms with E-state index in [2.05, 4.69) is 6.07 Å². The number of rotatable bonds is 7. The van der Waals surface area contributed by atoms with Gasteiger partial charge in [-0.1, -0.05) is 29.8 Å². The van der Waals surface area contributed by atoms with Crippen LogP contribution in [0.3, 0.4) is 0 Å². The Morgan fingerprint density at radius 2 is 1.79 bits per heavy atom. The first kappa shape index (κ1) is 21.9. The van der Waals surface area contributed by atoms with E-state index in [-0.39, 0.29) is 23.5 Å². The minimum absolute atomic E-state index is 0.00694. The first-order valence-corrected chi connectivity index (χ1v) is 10.4. The van der Waals surface area contributed by atoms with Gasteiger partial charge in [0.15, 0.2) is 0 Å². The summed E-state index contributed by atoms with van der Waals surface area (Å²) in [7, 11) is -4.12. The molecule has 0 aliphatic heterocycles. The zero-order valence-electron chi connectivity index (χ0n) is 16.5. The summed E-state index contributed by atoms with van der Waals surface area (Å²) in [6.45, 7) is 6.40. The van der Waals surface area contributed by atoms with Crippen LogP contribution in [0.4, 0.5) is 10.1 Å². The highest BCUT2D eigenvalue weighted by molar-refractivity contribution is 7.92. The third-order valence-corrected chi connectivity index (χ3v) is 6.25. The van der Waals surface area contributed by atoms with Crippen LogP contribution in [0.1, 0.15) is 31.4 Å². The van der Waals surface area contributed by atoms with Gasteiger partial charge in [0.05, 0.1) is 34.7 Å². The largest absolute Gasteiger partial charge is 0.391 e. The summed E-state index contributed by atoms with van der Waals surface area (Å²) in [6.07, 6.45) is -1.09. The van der Waals surface area contributed by atoms with Crippen molar-refractivity contribution in [2.45, 2.75) is 45.1 Å². The van der Waals surface area contributed by atoms with Crippen molar-refractivity contribution in [3.8, 4) is 6.07 Å². The van der Waals surface area contributed by atoms with E-state index in [0.29, 0.717) is 5.56 Å². The van der Waals surface area contributed by atoms with Crippen molar-refractivity contribution in [3.05, 3.63) is 59.4 Å². The molecule has 1 atom stereocenters. The summed E-state index contributed by atoms with van der Waals surface area (Å²) in [4.78, 5) is 0.00694. The average molecular weight is 405 g/mol. The molecule has 0 amide bonds. The van der Waals surface area contributed by atoms with Crippen molar-refractivity contribution in [2.24, 2.45) is 5.41 Å². The molecule has 0 aliphatic rings. The summed E-state index contributed by atoms with van der Waals surface area (Å²) < 4.78 is 42.1. The molecule has 0 heterocycles. The van der Waals surface area contributed by atoms with Crippen molar-refractivity contribution in [1.82, 2.24) is 0 Å². The Hall–Kier alpha value is -2.43. The number of benzene rings is 2. The van der Waals surface area contributed by atoms with Gasteiger partial charge in [-0.3, -0.25) is 4.31 Å². The maximum Gasteiger partial charge on any atom is 0.264 e. The molecule has 0 radical (unpaired) electrons. The Morgan fingerprint density at radius 1 is 1.18 bits per heavy atom. The molecule has 7 heteroatoms. The van der Waals surface area contributed by atoms with E-state index in [1.807, 2.05) is 6.92 Å². The highest BCUT2D eigenvalue weighted by atomic mass is 32.2. The molecule has 1 unspecified atom stereocenters. The quantitative estimate of drug-likeness (QED) is 0.758. The van der Waals surface area contributed by atoms with Crippen LogP contribution in [0.25, 0.3) is 0 Å². The molecule has 2 rings (SSSR count). The van der Waals surface area contributed by atoms with E-state index in [1.165, 1.54) is 24.3 Å². The fourth-order valence-corrected chi connectivity index (χ4v) is 4.55. The monoisotopic (exact) mass is 404 g/mol. The number of nitriles is 1. The third-order valence-electron chi connectivity index (χ3n) is 4.47. The lowest BCUT2D eigenvalue weighted by Crippen LogP contribution is -2.40. The lowest BCUT2D eigenvalue weighted by Gasteiger charge is -2.30. The smallest absolute Gasteiger partial charge is 0.264 e. The Labute approximate surface area is 166 Å². The van der Waals surface area contributed by atoms with Gasteiger partial charge in [0.1, 0.15) is 5.82 Å². The number of halogens is 1. The van der Waals surface area contributed by atoms with Crippen LogP contribution in [-0.2, 0) is 10.0 Å². The summed E-state index contributed by atoms with van der Waals surface area (Å²) >= 11 is 0. The number of nitrogens with zero attached hydrogens (tertiary/aromatic N) is 2. The van der Waals surface area contributed by atoms with Gasteiger partial charge in [0, 0.05) is 0 Å². The van der Waals surface area contributed by atoms with Gasteiger partial charge in [-0.25, -0.2) is 12.8 Å². The third kappa shape index (κ3) is 4.89. The lowest BCUT2D eigenvalue weighted by atomic mass is 9.88. The fourth-order valence-electron chi connectivity index (χ4n) is 2.98. The van der Waals surface area contributed by atoms with Crippen LogP contribution in [0.2, 0.25) is 0 Å². The molecule has 0 aliphatic carbocycles. The molecule has 28 heavy (non-hydrogen) atoms. The van der Waals surface area contributed by atoms with Crippen LogP contribution in [0.15, 0.2) is 47.4 Å². The highest BCUT2D eigenvalue weighted by Crippen LogP contribution is 2.31. The molecule has 0 fully saturated rings. The van der Waals surface area contributed by atoms with Gasteiger partial charge in [-0.05, 0) is 57.9 Å². The van der Waals surface area contributed by atoms with Gasteiger partial charge >= 0.3 is 0 Å². The predicted octanol–water partition coefficient (Wildman–Crippen LogP) is 3.94. The van der Waals surface area contributed by atoms with E-state index in [1.54, 1.807) is 39.0 Å². The Morgan fingerprint density at radius 3 is 2.32 bits per heavy atom. The van der Waals surface area contributed by atoms with E-state index in [0.717, 1.165) is 9.87 Å². The van der Waals surface area contributed by atoms with Gasteiger partial charge < -0.3 is 5.11 Å². The first-order valence-electron chi connectivity index (χ1n) is 8.92. The van der Waals surface area contributed by atoms with Crippen molar-refractivity contribution in [1.29, 1.82) is 5.26 Å². The van der Waals surface area contributed by atoms with Crippen LogP contribution < -0.4 is 4.31 Å². The van der Waals surface area contributed by atoms with Crippen molar-refractivity contribution >= 4 is 15.7 Å². The number of aryl methyl sites for hydroxylation is 2. The van der Waals surface area contributed by atoms with E-state index in [9.17, 15) is 23.2 Å². The predicted molar refractivity (Wildman–Crippen MR) is 107 cm³/mol. The van der Waals surface area contributed by atoms with Crippen LogP contribution in [0, 0.1) is 36.4 Å². The number of para-hydroxylation sites is 1. The molecule has 150 valence electrons. The molecule has 0 saturated heterocycles. The van der Waals surface area contributed by atoms with E-state index in [4.69, 9.17) is 0 Å². The molecular weight excluding hydrogens is 379 g/mol. The second-order valence-electron chi connectivity index (χ2n) is 7.61. The van der Waals surface area contributed by atoms with Crippen LogP contribution >= 0.6 is 0 Å². The minimum Gasteiger partial charge on any atom is -0.391 e. The Kier molecular flexibility index (Phi) is 6.48. The summed E-state index contributed by atoms with van der Waals surface area (Å²) in [5.74, 6) is -0.692. The normalized spacial score (nSPS) is 13.0. The van der Waals surface area contributed by atoms with E-state index >= 15 is 0 Å². The first-order chi connectivity index (χ1) is 13.0. The van der Waals surface area contributed by atoms with Gasteiger partial charge in [0.25, 0.3) is 10.0 Å². The summed E-state index contributed by atoms with van der Waals surface area (Å²) in [6, 6.07) is 12.6. The van der Waals surface area contributed by atoms with E-state index < -0.39 is 27.4 Å². The zero-order chi connectivity index (χ0) is 21.1. The second kappa shape index (κ2) is 8.29. The number of sulfonamides is 1. The molecule has 0 saturated carbocycles. The minimum atomic E-state index is -4.12. The summed E-state index contributed by atoms with van der Waals surface area (Å²) in [5, 5.41) is 19.7. The van der Waals surface area contributed by atoms with Gasteiger partial charge in [-0.2, -0.15) is 5.26 Å². The lowest BCUT2D eigenvalue weighted by molar-refractivity contribution is 0.141. The van der Waals surface area contributed by atoms with Crippen LogP contribution in [0.5, 0.6) is 0 Å². The Balaban J connectivity index is 2.54. The standard InChI is InChI=1S/C21H25FN2O3S/c1-15-8-10-18(11-9-15)28(26,27)24(13-17(25)12-21(3,4)14-23)20-16(2)6-5-7-19(20)22/h5-11,17,25H,12-13H2,1-4H3. The molecular formula is C21H25FN2O3S. The molecule has 5 nitrogen and oxygen atoms in total.